The van der Waals surface area contributed by atoms with Crippen LogP contribution in [0, 0.1) is 0 Å². The van der Waals surface area contributed by atoms with Crippen LogP contribution in [0.15, 0.2) is 0 Å². The normalized spacial score (nSPS) is 7.00. The Balaban J connectivity index is 0. The van der Waals surface area contributed by atoms with Crippen molar-refractivity contribution in [3.05, 3.63) is 0 Å². The number of rotatable bonds is 2. The van der Waals surface area contributed by atoms with Crippen LogP contribution < -0.4 is 5.11 Å². The molecule has 0 amide bonds. The molecule has 0 bridgehead atoms. The van der Waals surface area contributed by atoms with Crippen molar-refractivity contribution in [1.82, 2.24) is 0 Å². The summed E-state index contributed by atoms with van der Waals surface area (Å²) in [6.07, 6.45) is 1.86. The molecule has 6 heavy (non-hydrogen) atoms. The van der Waals surface area contributed by atoms with Crippen LogP contribution in [0.2, 0.25) is 0 Å². The second kappa shape index (κ2) is 9.08. The maximum Gasteiger partial charge on any atom is 1.00 e. The van der Waals surface area contributed by atoms with Crippen LogP contribution in [0.5, 0.6) is 0 Å². The Hall–Kier alpha value is 0.479. The Morgan fingerprint density at radius 2 is 2.00 bits per heavy atom. The van der Waals surface area contributed by atoms with E-state index in [2.05, 4.69) is 0 Å². The van der Waals surface area contributed by atoms with Crippen LogP contribution in [0.25, 0.3) is 0 Å². The Bertz CT molecular complexity index is 15.0. The first-order valence-corrected chi connectivity index (χ1v) is 2.00. The summed E-state index contributed by atoms with van der Waals surface area (Å²) < 4.78 is 0. The van der Waals surface area contributed by atoms with Crippen molar-refractivity contribution >= 4 is 0 Å². The second-order valence-electron chi connectivity index (χ2n) is 1.06. The standard InChI is InChI=1S/C4H9O.Cu/c1-2-3-4-5;/h2-4H2,1H3;/q-1;+1. The van der Waals surface area contributed by atoms with Gasteiger partial charge in [-0.05, 0) is 0 Å². The van der Waals surface area contributed by atoms with E-state index in [4.69, 9.17) is 0 Å². The van der Waals surface area contributed by atoms with Gasteiger partial charge in [-0.2, -0.15) is 0 Å². The molecule has 0 aromatic carbocycles. The van der Waals surface area contributed by atoms with Crippen molar-refractivity contribution in [3.63, 3.8) is 0 Å². The summed E-state index contributed by atoms with van der Waals surface area (Å²) >= 11 is 0. The van der Waals surface area contributed by atoms with Crippen molar-refractivity contribution in [2.75, 3.05) is 6.61 Å². The molecule has 0 aromatic heterocycles. The van der Waals surface area contributed by atoms with Crippen LogP contribution in [0.3, 0.4) is 0 Å². The van der Waals surface area contributed by atoms with Gasteiger partial charge in [-0.15, -0.1) is 6.61 Å². The molecule has 0 N–H and O–H groups in total. The van der Waals surface area contributed by atoms with Crippen molar-refractivity contribution in [2.45, 2.75) is 19.8 Å². The maximum absolute atomic E-state index is 9.53. The van der Waals surface area contributed by atoms with E-state index in [9.17, 15) is 5.11 Å². The summed E-state index contributed by atoms with van der Waals surface area (Å²) in [5, 5.41) is 9.53. The van der Waals surface area contributed by atoms with Crippen LogP contribution in [-0.2, 0) is 17.1 Å². The molecule has 0 spiro atoms. The fourth-order valence-electron chi connectivity index (χ4n) is 0.144. The third-order valence-electron chi connectivity index (χ3n) is 0.498. The average molecular weight is 137 g/mol. The Morgan fingerprint density at radius 3 is 2.00 bits per heavy atom. The predicted molar refractivity (Wildman–Crippen MR) is 19.8 cm³/mol. The third-order valence-corrected chi connectivity index (χ3v) is 0.498. The summed E-state index contributed by atoms with van der Waals surface area (Å²) in [4.78, 5) is 0. The first kappa shape index (κ1) is 9.70. The SMILES string of the molecule is CCCC[O-].[Cu+]. The molecule has 0 fully saturated rings. The molecule has 0 saturated carbocycles. The zero-order chi connectivity index (χ0) is 4.12. The molecule has 0 unspecified atom stereocenters. The molecule has 2 heteroatoms. The Morgan fingerprint density at radius 1 is 1.50 bits per heavy atom. The summed E-state index contributed by atoms with van der Waals surface area (Å²) in [5.74, 6) is 0. The number of unbranched alkanes of at least 4 members (excludes halogenated alkanes) is 1. The van der Waals surface area contributed by atoms with E-state index < -0.39 is 0 Å². The molecule has 42 valence electrons. The topological polar surface area (TPSA) is 23.1 Å². The Labute approximate surface area is 49.2 Å². The molecule has 0 saturated heterocycles. The van der Waals surface area contributed by atoms with Gasteiger partial charge < -0.3 is 5.11 Å². The predicted octanol–water partition coefficient (Wildman–Crippen LogP) is 0.144. The molecule has 0 aromatic rings. The molecule has 0 aliphatic carbocycles. The molecular formula is C4H9CuO. The van der Waals surface area contributed by atoms with Gasteiger partial charge in [0.15, 0.2) is 0 Å². The van der Waals surface area contributed by atoms with E-state index in [-0.39, 0.29) is 23.7 Å². The van der Waals surface area contributed by atoms with E-state index in [1.165, 1.54) is 0 Å². The smallest absolute Gasteiger partial charge is 0.854 e. The molecule has 0 aliphatic rings. The van der Waals surface area contributed by atoms with Crippen LogP contribution >= 0.6 is 0 Å². The van der Waals surface area contributed by atoms with Crippen molar-refractivity contribution in [2.24, 2.45) is 0 Å². The van der Waals surface area contributed by atoms with E-state index in [1.54, 1.807) is 0 Å². The van der Waals surface area contributed by atoms with Gasteiger partial charge in [-0.3, -0.25) is 0 Å². The average Bonchev–Trinajstić information content (AvgIpc) is 1.41. The first-order chi connectivity index (χ1) is 2.41. The monoisotopic (exact) mass is 136 g/mol. The van der Waals surface area contributed by atoms with Gasteiger partial charge in [0.25, 0.3) is 0 Å². The fraction of sp³-hybridized carbons (Fsp3) is 1.00. The largest absolute Gasteiger partial charge is 1.00 e. The van der Waals surface area contributed by atoms with E-state index in [0.29, 0.717) is 0 Å². The minimum Gasteiger partial charge on any atom is -0.854 e. The van der Waals surface area contributed by atoms with Gasteiger partial charge in [0.2, 0.25) is 0 Å². The maximum atomic E-state index is 9.53. The van der Waals surface area contributed by atoms with Crippen LogP contribution in [0.1, 0.15) is 19.8 Å². The van der Waals surface area contributed by atoms with Gasteiger partial charge in [-0.25, -0.2) is 0 Å². The van der Waals surface area contributed by atoms with Gasteiger partial charge in [0.05, 0.1) is 0 Å². The molecule has 0 heterocycles. The van der Waals surface area contributed by atoms with Crippen LogP contribution in [-0.4, -0.2) is 6.61 Å². The molecule has 0 rings (SSSR count). The molecular weight excluding hydrogens is 128 g/mol. The van der Waals surface area contributed by atoms with E-state index in [0.717, 1.165) is 12.8 Å². The van der Waals surface area contributed by atoms with Gasteiger partial charge >= 0.3 is 17.1 Å². The summed E-state index contributed by atoms with van der Waals surface area (Å²) in [5.41, 5.74) is 0. The van der Waals surface area contributed by atoms with E-state index >= 15 is 0 Å². The number of hydrogen-bond acceptors (Lipinski definition) is 1. The summed E-state index contributed by atoms with van der Waals surface area (Å²) in [6, 6.07) is 0. The van der Waals surface area contributed by atoms with Gasteiger partial charge in [0, 0.05) is 0 Å². The summed E-state index contributed by atoms with van der Waals surface area (Å²) in [7, 11) is 0. The summed E-state index contributed by atoms with van der Waals surface area (Å²) in [6.45, 7) is 2.11. The molecule has 0 aliphatic heterocycles. The van der Waals surface area contributed by atoms with Crippen molar-refractivity contribution in [3.8, 4) is 0 Å². The second-order valence-corrected chi connectivity index (χ2v) is 1.06. The minimum atomic E-state index is 0. The fourth-order valence-corrected chi connectivity index (χ4v) is 0.144. The van der Waals surface area contributed by atoms with Gasteiger partial charge in [0.1, 0.15) is 0 Å². The van der Waals surface area contributed by atoms with E-state index in [1.807, 2.05) is 6.92 Å². The minimum absolute atomic E-state index is 0. The van der Waals surface area contributed by atoms with Crippen molar-refractivity contribution in [1.29, 1.82) is 0 Å². The zero-order valence-electron chi connectivity index (χ0n) is 3.83. The molecule has 0 radical (unpaired) electrons. The first-order valence-electron chi connectivity index (χ1n) is 2.00. The number of hydrogen-bond donors (Lipinski definition) is 0. The molecule has 1 nitrogen and oxygen atoms in total. The zero-order valence-corrected chi connectivity index (χ0v) is 4.77. The van der Waals surface area contributed by atoms with Gasteiger partial charge in [-0.1, -0.05) is 19.8 Å². The Kier molecular flexibility index (Phi) is 14.7. The van der Waals surface area contributed by atoms with Crippen molar-refractivity contribution < 1.29 is 22.2 Å². The third kappa shape index (κ3) is 8.82. The quantitative estimate of drug-likeness (QED) is 0.496. The molecule has 0 atom stereocenters. The van der Waals surface area contributed by atoms with Crippen LogP contribution in [0.4, 0.5) is 0 Å².